The Kier molecular flexibility index (Phi) is 4.37. The first-order valence-corrected chi connectivity index (χ1v) is 7.64. The topological polar surface area (TPSA) is 29.5 Å². The summed E-state index contributed by atoms with van der Waals surface area (Å²) in [5.74, 6) is 0.686. The number of ether oxygens (including phenoxy) is 1. The minimum atomic E-state index is -0.587. The quantitative estimate of drug-likeness (QED) is 0.891. The summed E-state index contributed by atoms with van der Waals surface area (Å²) in [4.78, 5) is 0. The Balaban J connectivity index is 1.89. The zero-order valence-electron chi connectivity index (χ0n) is 12.5. The molecule has 1 aliphatic carbocycles. The Morgan fingerprint density at radius 1 is 1.14 bits per heavy atom. The van der Waals surface area contributed by atoms with E-state index in [0.717, 1.165) is 16.7 Å². The molecule has 2 aromatic carbocycles. The minimum absolute atomic E-state index is 0.523. The highest BCUT2D eigenvalue weighted by molar-refractivity contribution is 5.38. The fourth-order valence-corrected chi connectivity index (χ4v) is 2.99. The summed E-state index contributed by atoms with van der Waals surface area (Å²) < 4.78 is 5.23. The molecule has 0 heterocycles. The summed E-state index contributed by atoms with van der Waals surface area (Å²) in [5.41, 5.74) is 4.32. The Morgan fingerprint density at radius 3 is 2.67 bits per heavy atom. The molecule has 2 nitrogen and oxygen atoms in total. The van der Waals surface area contributed by atoms with Gasteiger partial charge < -0.3 is 9.84 Å². The van der Waals surface area contributed by atoms with Crippen molar-refractivity contribution in [2.45, 2.75) is 37.9 Å². The average molecular weight is 282 g/mol. The van der Waals surface area contributed by atoms with Gasteiger partial charge in [0, 0.05) is 7.11 Å². The highest BCUT2D eigenvalue weighted by atomic mass is 16.5. The van der Waals surface area contributed by atoms with Crippen molar-refractivity contribution in [1.29, 1.82) is 0 Å². The summed E-state index contributed by atoms with van der Waals surface area (Å²) in [6, 6.07) is 16.4. The van der Waals surface area contributed by atoms with Crippen molar-refractivity contribution in [3.05, 3.63) is 70.8 Å². The molecule has 1 saturated carbocycles. The molecule has 1 fully saturated rings. The SMILES string of the molecule is COCc1ccccc1C(O)c1cccc(C2CCC2)c1. The maximum Gasteiger partial charge on any atom is 0.104 e. The number of aliphatic hydroxyl groups excluding tert-OH is 1. The third kappa shape index (κ3) is 3.02. The molecule has 0 radical (unpaired) electrons. The van der Waals surface area contributed by atoms with Crippen molar-refractivity contribution in [2.75, 3.05) is 7.11 Å². The number of aliphatic hydroxyl groups is 1. The molecule has 2 heteroatoms. The molecule has 1 N–H and O–H groups in total. The smallest absolute Gasteiger partial charge is 0.104 e. The molecule has 1 unspecified atom stereocenters. The van der Waals surface area contributed by atoms with E-state index in [9.17, 15) is 5.11 Å². The van der Waals surface area contributed by atoms with Gasteiger partial charge in [0.1, 0.15) is 6.10 Å². The zero-order valence-corrected chi connectivity index (χ0v) is 12.5. The molecule has 0 aromatic heterocycles. The van der Waals surface area contributed by atoms with Crippen LogP contribution < -0.4 is 0 Å². The van der Waals surface area contributed by atoms with E-state index in [1.54, 1.807) is 7.11 Å². The van der Waals surface area contributed by atoms with E-state index in [1.807, 2.05) is 30.3 Å². The molecule has 3 rings (SSSR count). The van der Waals surface area contributed by atoms with Crippen LogP contribution in [0, 0.1) is 0 Å². The van der Waals surface area contributed by atoms with E-state index in [2.05, 4.69) is 18.2 Å². The van der Waals surface area contributed by atoms with Crippen LogP contribution in [0.4, 0.5) is 0 Å². The van der Waals surface area contributed by atoms with Crippen LogP contribution in [0.25, 0.3) is 0 Å². The van der Waals surface area contributed by atoms with Crippen LogP contribution >= 0.6 is 0 Å². The lowest BCUT2D eigenvalue weighted by Crippen LogP contribution is -2.10. The molecular weight excluding hydrogens is 260 g/mol. The number of methoxy groups -OCH3 is 1. The van der Waals surface area contributed by atoms with Gasteiger partial charge in [0.2, 0.25) is 0 Å². The van der Waals surface area contributed by atoms with Gasteiger partial charge in [0.05, 0.1) is 6.61 Å². The lowest BCUT2D eigenvalue weighted by molar-refractivity contribution is 0.176. The molecular formula is C19H22O2. The largest absolute Gasteiger partial charge is 0.384 e. The average Bonchev–Trinajstić information content (AvgIpc) is 2.46. The Bertz CT molecular complexity index is 602. The molecule has 1 atom stereocenters. The van der Waals surface area contributed by atoms with E-state index < -0.39 is 6.10 Å². The number of hydrogen-bond donors (Lipinski definition) is 1. The van der Waals surface area contributed by atoms with Crippen molar-refractivity contribution in [2.24, 2.45) is 0 Å². The maximum atomic E-state index is 10.7. The predicted molar refractivity (Wildman–Crippen MR) is 84.3 cm³/mol. The van der Waals surface area contributed by atoms with Crippen LogP contribution in [0.2, 0.25) is 0 Å². The molecule has 0 spiro atoms. The number of hydrogen-bond acceptors (Lipinski definition) is 2. The van der Waals surface area contributed by atoms with Gasteiger partial charge in [-0.3, -0.25) is 0 Å². The van der Waals surface area contributed by atoms with E-state index in [-0.39, 0.29) is 0 Å². The Labute approximate surface area is 126 Å². The normalized spacial score (nSPS) is 16.5. The summed E-state index contributed by atoms with van der Waals surface area (Å²) in [5, 5.41) is 10.7. The van der Waals surface area contributed by atoms with Crippen molar-refractivity contribution in [1.82, 2.24) is 0 Å². The Hall–Kier alpha value is -1.64. The summed E-state index contributed by atoms with van der Waals surface area (Å²) in [6.45, 7) is 0.523. The summed E-state index contributed by atoms with van der Waals surface area (Å²) >= 11 is 0. The molecule has 0 saturated heterocycles. The third-order valence-corrected chi connectivity index (χ3v) is 4.45. The van der Waals surface area contributed by atoms with Crippen molar-refractivity contribution >= 4 is 0 Å². The molecule has 0 bridgehead atoms. The predicted octanol–water partition coefficient (Wildman–Crippen LogP) is 4.18. The molecule has 2 aromatic rings. The fourth-order valence-electron chi connectivity index (χ4n) is 2.99. The highest BCUT2D eigenvalue weighted by Gasteiger charge is 2.21. The zero-order chi connectivity index (χ0) is 14.7. The van der Waals surface area contributed by atoms with E-state index in [1.165, 1.54) is 24.8 Å². The van der Waals surface area contributed by atoms with Gasteiger partial charge in [-0.2, -0.15) is 0 Å². The number of rotatable bonds is 5. The van der Waals surface area contributed by atoms with Crippen molar-refractivity contribution < 1.29 is 9.84 Å². The molecule has 1 aliphatic rings. The van der Waals surface area contributed by atoms with Gasteiger partial charge in [-0.15, -0.1) is 0 Å². The lowest BCUT2D eigenvalue weighted by atomic mass is 9.79. The Morgan fingerprint density at radius 2 is 1.95 bits per heavy atom. The van der Waals surface area contributed by atoms with Crippen LogP contribution in [0.5, 0.6) is 0 Å². The standard InChI is InChI=1S/C19H22O2/c1-21-13-17-6-2-3-11-18(17)19(20)16-10-5-9-15(12-16)14-7-4-8-14/h2-3,5-6,9-12,14,19-20H,4,7-8,13H2,1H3. The highest BCUT2D eigenvalue weighted by Crippen LogP contribution is 2.37. The second-order valence-electron chi connectivity index (χ2n) is 5.83. The first kappa shape index (κ1) is 14.3. The van der Waals surface area contributed by atoms with Crippen LogP contribution in [0.3, 0.4) is 0 Å². The first-order valence-electron chi connectivity index (χ1n) is 7.64. The van der Waals surface area contributed by atoms with Crippen molar-refractivity contribution in [3.63, 3.8) is 0 Å². The van der Waals surface area contributed by atoms with E-state index >= 15 is 0 Å². The van der Waals surface area contributed by atoms with Crippen molar-refractivity contribution in [3.8, 4) is 0 Å². The molecule has 0 aliphatic heterocycles. The van der Waals surface area contributed by atoms with E-state index in [4.69, 9.17) is 4.74 Å². The molecule has 110 valence electrons. The van der Waals surface area contributed by atoms with Gasteiger partial charge in [0.15, 0.2) is 0 Å². The second-order valence-corrected chi connectivity index (χ2v) is 5.83. The van der Waals surface area contributed by atoms with Gasteiger partial charge in [-0.05, 0) is 41.0 Å². The van der Waals surface area contributed by atoms with Gasteiger partial charge in [-0.25, -0.2) is 0 Å². The van der Waals surface area contributed by atoms with E-state index in [0.29, 0.717) is 12.5 Å². The van der Waals surface area contributed by atoms with Crippen LogP contribution in [-0.2, 0) is 11.3 Å². The lowest BCUT2D eigenvalue weighted by Gasteiger charge is -2.26. The maximum absolute atomic E-state index is 10.7. The van der Waals surface area contributed by atoms with Crippen LogP contribution in [-0.4, -0.2) is 12.2 Å². The minimum Gasteiger partial charge on any atom is -0.384 e. The van der Waals surface area contributed by atoms with Gasteiger partial charge in [0.25, 0.3) is 0 Å². The van der Waals surface area contributed by atoms with Crippen LogP contribution in [0.15, 0.2) is 48.5 Å². The molecule has 21 heavy (non-hydrogen) atoms. The van der Waals surface area contributed by atoms with Gasteiger partial charge >= 0.3 is 0 Å². The molecule has 0 amide bonds. The first-order chi connectivity index (χ1) is 10.3. The fraction of sp³-hybridized carbons (Fsp3) is 0.368. The summed E-state index contributed by atoms with van der Waals surface area (Å²) in [7, 11) is 1.68. The number of benzene rings is 2. The van der Waals surface area contributed by atoms with Crippen LogP contribution in [0.1, 0.15) is 53.5 Å². The van der Waals surface area contributed by atoms with Gasteiger partial charge in [-0.1, -0.05) is 55.0 Å². The monoisotopic (exact) mass is 282 g/mol. The third-order valence-electron chi connectivity index (χ3n) is 4.45. The second kappa shape index (κ2) is 6.42. The summed E-state index contributed by atoms with van der Waals surface area (Å²) in [6.07, 6.45) is 3.30.